The molecule has 0 radical (unpaired) electrons. The average Bonchev–Trinajstić information content (AvgIpc) is 3.02. The van der Waals surface area contributed by atoms with Crippen molar-refractivity contribution in [2.75, 3.05) is 0 Å². The predicted molar refractivity (Wildman–Crippen MR) is 101 cm³/mol. The number of aryl methyl sites for hydroxylation is 2. The maximum Gasteiger partial charge on any atom is 0.243 e. The van der Waals surface area contributed by atoms with Crippen LogP contribution in [0, 0.1) is 0 Å². The van der Waals surface area contributed by atoms with E-state index in [2.05, 4.69) is 41.7 Å². The van der Waals surface area contributed by atoms with Crippen LogP contribution in [0.25, 0.3) is 0 Å². The van der Waals surface area contributed by atoms with Crippen molar-refractivity contribution in [1.82, 2.24) is 4.57 Å². The third-order valence-corrected chi connectivity index (χ3v) is 4.79. The highest BCUT2D eigenvalue weighted by Gasteiger charge is 2.02. The van der Waals surface area contributed by atoms with Gasteiger partial charge in [-0.1, -0.05) is 84.5 Å². The zero-order chi connectivity index (χ0) is 16.6. The van der Waals surface area contributed by atoms with Crippen molar-refractivity contribution in [3.05, 3.63) is 18.7 Å². The number of halogens is 1. The van der Waals surface area contributed by atoms with Gasteiger partial charge in [0.05, 0.1) is 13.1 Å². The molecule has 142 valence electrons. The van der Waals surface area contributed by atoms with Crippen molar-refractivity contribution in [3.8, 4) is 0 Å². The molecule has 0 fully saturated rings. The van der Waals surface area contributed by atoms with Crippen LogP contribution in [0.5, 0.6) is 0 Å². The fourth-order valence-corrected chi connectivity index (χ4v) is 3.18. The number of rotatable bonds is 16. The van der Waals surface area contributed by atoms with Crippen molar-refractivity contribution in [3.63, 3.8) is 0 Å². The van der Waals surface area contributed by atoms with Crippen LogP contribution in [-0.4, -0.2) is 4.57 Å². The first-order valence-corrected chi connectivity index (χ1v) is 10.4. The molecule has 0 saturated carbocycles. The summed E-state index contributed by atoms with van der Waals surface area (Å²) in [7, 11) is 0. The molecule has 0 amide bonds. The summed E-state index contributed by atoms with van der Waals surface area (Å²) >= 11 is 0. The highest BCUT2D eigenvalue weighted by atomic mass is 79.9. The molecule has 0 bridgehead atoms. The Labute approximate surface area is 161 Å². The molecule has 24 heavy (non-hydrogen) atoms. The van der Waals surface area contributed by atoms with Crippen LogP contribution in [0.15, 0.2) is 18.7 Å². The molecule has 0 N–H and O–H groups in total. The highest BCUT2D eigenvalue weighted by Crippen LogP contribution is 2.11. The standard InChI is InChI=1S/C21H41N2.BrH/c1-3-5-7-8-9-10-11-12-13-14-15-16-18-23-20-19-22(21-23)17-6-4-2;/h19-21H,3-18H2,1-2H3;1H/q+1;/p-1. The molecular weight excluding hydrogens is 360 g/mol. The topological polar surface area (TPSA) is 8.81 Å². The van der Waals surface area contributed by atoms with Gasteiger partial charge in [-0.15, -0.1) is 0 Å². The zero-order valence-corrected chi connectivity index (χ0v) is 17.9. The third-order valence-electron chi connectivity index (χ3n) is 4.79. The lowest BCUT2D eigenvalue weighted by molar-refractivity contribution is -0.696. The van der Waals surface area contributed by atoms with Gasteiger partial charge in [-0.25, -0.2) is 9.13 Å². The monoisotopic (exact) mass is 400 g/mol. The van der Waals surface area contributed by atoms with Gasteiger partial charge in [-0.2, -0.15) is 0 Å². The SMILES string of the molecule is CCCCCCCCCCCCCC[n+]1ccn(CCCC)c1.[Br-]. The van der Waals surface area contributed by atoms with E-state index in [1.165, 1.54) is 103 Å². The summed E-state index contributed by atoms with van der Waals surface area (Å²) in [4.78, 5) is 0. The molecule has 0 aliphatic carbocycles. The normalized spacial score (nSPS) is 10.8. The zero-order valence-electron chi connectivity index (χ0n) is 16.3. The van der Waals surface area contributed by atoms with E-state index in [0.29, 0.717) is 0 Å². The fourth-order valence-electron chi connectivity index (χ4n) is 3.18. The van der Waals surface area contributed by atoms with Crippen LogP contribution in [0.3, 0.4) is 0 Å². The quantitative estimate of drug-likeness (QED) is 0.297. The van der Waals surface area contributed by atoms with Crippen LogP contribution in [-0.2, 0) is 13.1 Å². The van der Waals surface area contributed by atoms with Crippen molar-refractivity contribution in [1.29, 1.82) is 0 Å². The number of hydrogen-bond donors (Lipinski definition) is 0. The fraction of sp³-hybridized carbons (Fsp3) is 0.857. The molecule has 0 aliphatic rings. The molecule has 1 heterocycles. The number of hydrogen-bond acceptors (Lipinski definition) is 0. The smallest absolute Gasteiger partial charge is 0.243 e. The van der Waals surface area contributed by atoms with Gasteiger partial charge >= 0.3 is 0 Å². The Morgan fingerprint density at radius 2 is 1.17 bits per heavy atom. The molecule has 0 aromatic carbocycles. The van der Waals surface area contributed by atoms with E-state index in [-0.39, 0.29) is 17.0 Å². The summed E-state index contributed by atoms with van der Waals surface area (Å²) < 4.78 is 4.68. The molecular formula is C21H41BrN2. The minimum atomic E-state index is 0. The molecule has 0 unspecified atom stereocenters. The van der Waals surface area contributed by atoms with Gasteiger partial charge in [-0.3, -0.25) is 0 Å². The van der Waals surface area contributed by atoms with Gasteiger partial charge in [0.15, 0.2) is 0 Å². The van der Waals surface area contributed by atoms with Crippen molar-refractivity contribution in [2.24, 2.45) is 0 Å². The minimum absolute atomic E-state index is 0. The Morgan fingerprint density at radius 1 is 0.667 bits per heavy atom. The van der Waals surface area contributed by atoms with E-state index >= 15 is 0 Å². The molecule has 0 atom stereocenters. The summed E-state index contributed by atoms with van der Waals surface area (Å²) in [6.45, 7) is 6.91. The predicted octanol–water partition coefficient (Wildman–Crippen LogP) is 3.28. The molecule has 0 saturated heterocycles. The van der Waals surface area contributed by atoms with E-state index in [9.17, 15) is 0 Å². The van der Waals surface area contributed by atoms with Gasteiger partial charge in [0.1, 0.15) is 12.4 Å². The van der Waals surface area contributed by atoms with Crippen LogP contribution in [0.4, 0.5) is 0 Å². The first-order chi connectivity index (χ1) is 11.4. The number of unbranched alkanes of at least 4 members (excludes halogenated alkanes) is 12. The van der Waals surface area contributed by atoms with Gasteiger partial charge in [0, 0.05) is 0 Å². The largest absolute Gasteiger partial charge is 1.00 e. The number of imidazole rings is 1. The van der Waals surface area contributed by atoms with E-state index < -0.39 is 0 Å². The van der Waals surface area contributed by atoms with E-state index in [1.54, 1.807) is 0 Å². The van der Waals surface area contributed by atoms with E-state index in [0.717, 1.165) is 0 Å². The molecule has 2 nitrogen and oxygen atoms in total. The van der Waals surface area contributed by atoms with Crippen molar-refractivity contribution < 1.29 is 21.5 Å². The van der Waals surface area contributed by atoms with Gasteiger partial charge < -0.3 is 17.0 Å². The second-order valence-electron chi connectivity index (χ2n) is 7.13. The number of nitrogens with zero attached hydrogens (tertiary/aromatic N) is 2. The van der Waals surface area contributed by atoms with Gasteiger partial charge in [0.2, 0.25) is 6.33 Å². The molecule has 0 aliphatic heterocycles. The Balaban J connectivity index is 0.00000529. The van der Waals surface area contributed by atoms with E-state index in [1.807, 2.05) is 0 Å². The van der Waals surface area contributed by atoms with Crippen LogP contribution < -0.4 is 21.5 Å². The lowest BCUT2D eigenvalue weighted by Gasteiger charge is -2.02. The van der Waals surface area contributed by atoms with Crippen LogP contribution in [0.1, 0.15) is 104 Å². The second-order valence-corrected chi connectivity index (χ2v) is 7.13. The maximum absolute atomic E-state index is 2.35. The van der Waals surface area contributed by atoms with Crippen LogP contribution in [0.2, 0.25) is 0 Å². The van der Waals surface area contributed by atoms with Gasteiger partial charge in [-0.05, 0) is 19.3 Å². The average molecular weight is 401 g/mol. The van der Waals surface area contributed by atoms with Crippen molar-refractivity contribution in [2.45, 2.75) is 117 Å². The summed E-state index contributed by atoms with van der Waals surface area (Å²) in [5.41, 5.74) is 0. The number of aromatic nitrogens is 2. The Bertz CT molecular complexity index is 362. The summed E-state index contributed by atoms with van der Waals surface area (Å²) in [5, 5.41) is 0. The lowest BCUT2D eigenvalue weighted by Crippen LogP contribution is -3.00. The summed E-state index contributed by atoms with van der Waals surface area (Å²) in [6, 6.07) is 0. The summed E-state index contributed by atoms with van der Waals surface area (Å²) in [6.07, 6.45) is 26.4. The molecule has 1 rings (SSSR count). The Kier molecular flexibility index (Phi) is 17.3. The van der Waals surface area contributed by atoms with Crippen LogP contribution >= 0.6 is 0 Å². The third kappa shape index (κ3) is 13.0. The molecule has 1 aromatic heterocycles. The second kappa shape index (κ2) is 17.5. The van der Waals surface area contributed by atoms with Crippen molar-refractivity contribution >= 4 is 0 Å². The molecule has 1 aromatic rings. The minimum Gasteiger partial charge on any atom is -1.00 e. The molecule has 0 spiro atoms. The summed E-state index contributed by atoms with van der Waals surface area (Å²) in [5.74, 6) is 0. The van der Waals surface area contributed by atoms with E-state index in [4.69, 9.17) is 0 Å². The Hall–Kier alpha value is -0.310. The lowest BCUT2D eigenvalue weighted by atomic mass is 10.1. The molecule has 3 heteroatoms. The first kappa shape index (κ1) is 23.7. The van der Waals surface area contributed by atoms with Gasteiger partial charge in [0.25, 0.3) is 0 Å². The highest BCUT2D eigenvalue weighted by molar-refractivity contribution is 4.65. The maximum atomic E-state index is 2.35. The Morgan fingerprint density at radius 3 is 1.71 bits per heavy atom. The first-order valence-electron chi connectivity index (χ1n) is 10.4.